The van der Waals surface area contributed by atoms with Gasteiger partial charge < -0.3 is 10.1 Å². The number of nitrogens with zero attached hydrogens (tertiary/aromatic N) is 5. The minimum atomic E-state index is -0.0770. The second-order valence-corrected chi connectivity index (χ2v) is 6.90. The van der Waals surface area contributed by atoms with Gasteiger partial charge in [0.25, 0.3) is 5.95 Å². The first-order valence-electron chi connectivity index (χ1n) is 9.59. The van der Waals surface area contributed by atoms with Crippen molar-refractivity contribution in [2.75, 3.05) is 6.61 Å². The van der Waals surface area contributed by atoms with E-state index < -0.39 is 0 Å². The third-order valence-electron chi connectivity index (χ3n) is 4.52. The zero-order chi connectivity index (χ0) is 21.0. The largest absolute Gasteiger partial charge is 0.478 e. The predicted octanol–water partition coefficient (Wildman–Crippen LogP) is 2.55. The highest BCUT2D eigenvalue weighted by atomic mass is 16.5. The Bertz CT molecular complexity index is 1010. The van der Waals surface area contributed by atoms with Crippen molar-refractivity contribution in [3.63, 3.8) is 0 Å². The molecule has 8 heteroatoms. The molecule has 3 aromatic heterocycles. The van der Waals surface area contributed by atoms with E-state index in [1.165, 1.54) is 0 Å². The molecule has 8 nitrogen and oxygen atoms in total. The van der Waals surface area contributed by atoms with Gasteiger partial charge in [-0.1, -0.05) is 0 Å². The van der Waals surface area contributed by atoms with Gasteiger partial charge in [0.2, 0.25) is 11.8 Å². The molecule has 0 aromatic carbocycles. The second-order valence-electron chi connectivity index (χ2n) is 6.90. The number of nitrogens with one attached hydrogen (secondary N) is 1. The number of hydrogen-bond donors (Lipinski definition) is 1. The van der Waals surface area contributed by atoms with Crippen LogP contribution in [0.15, 0.2) is 24.4 Å². The van der Waals surface area contributed by atoms with Crippen LogP contribution in [-0.2, 0) is 17.8 Å². The fourth-order valence-corrected chi connectivity index (χ4v) is 3.14. The van der Waals surface area contributed by atoms with Crippen molar-refractivity contribution in [1.29, 1.82) is 0 Å². The summed E-state index contributed by atoms with van der Waals surface area (Å²) in [6, 6.07) is 5.60. The van der Waals surface area contributed by atoms with Crippen LogP contribution in [0.3, 0.4) is 0 Å². The summed E-state index contributed by atoms with van der Waals surface area (Å²) in [7, 11) is 0. The first kappa shape index (κ1) is 20.4. The van der Waals surface area contributed by atoms with Crippen molar-refractivity contribution >= 4 is 5.91 Å². The smallest absolute Gasteiger partial charge is 0.251 e. The molecule has 3 heterocycles. The van der Waals surface area contributed by atoms with Crippen molar-refractivity contribution in [2.45, 2.75) is 47.6 Å². The summed E-state index contributed by atoms with van der Waals surface area (Å²) in [6.45, 7) is 10.5. The number of amides is 1. The van der Waals surface area contributed by atoms with Gasteiger partial charge in [-0.2, -0.15) is 5.10 Å². The number of hydrogen-bond acceptors (Lipinski definition) is 6. The Morgan fingerprint density at radius 2 is 1.86 bits per heavy atom. The van der Waals surface area contributed by atoms with Crippen LogP contribution in [0.5, 0.6) is 5.88 Å². The van der Waals surface area contributed by atoms with Crippen molar-refractivity contribution in [2.24, 2.45) is 0 Å². The van der Waals surface area contributed by atoms with Crippen molar-refractivity contribution in [3.8, 4) is 11.8 Å². The molecule has 0 spiro atoms. The topological polar surface area (TPSA) is 94.8 Å². The van der Waals surface area contributed by atoms with E-state index in [4.69, 9.17) is 4.74 Å². The number of ether oxygens (including phenoxy) is 1. The van der Waals surface area contributed by atoms with Gasteiger partial charge in [-0.05, 0) is 52.3 Å². The summed E-state index contributed by atoms with van der Waals surface area (Å²) in [6.07, 6.45) is 1.92. The molecule has 0 atom stereocenters. The van der Waals surface area contributed by atoms with E-state index in [1.807, 2.05) is 52.8 Å². The van der Waals surface area contributed by atoms with E-state index in [9.17, 15) is 4.79 Å². The number of pyridine rings is 1. The molecule has 1 amide bonds. The average molecular weight is 394 g/mol. The molecule has 0 aliphatic carbocycles. The van der Waals surface area contributed by atoms with Crippen LogP contribution < -0.4 is 10.1 Å². The van der Waals surface area contributed by atoms with E-state index in [2.05, 4.69) is 25.4 Å². The Balaban J connectivity index is 1.71. The first-order valence-corrected chi connectivity index (χ1v) is 9.59. The van der Waals surface area contributed by atoms with Crippen LogP contribution in [0.2, 0.25) is 0 Å². The van der Waals surface area contributed by atoms with Crippen LogP contribution in [0, 0.1) is 27.7 Å². The molecule has 0 unspecified atom stereocenters. The lowest BCUT2D eigenvalue weighted by Gasteiger charge is -2.08. The summed E-state index contributed by atoms with van der Waals surface area (Å²) < 4.78 is 7.10. The summed E-state index contributed by atoms with van der Waals surface area (Å²) in [4.78, 5) is 25.6. The summed E-state index contributed by atoms with van der Waals surface area (Å²) in [5.74, 6) is 1.00. The molecule has 152 valence electrons. The maximum absolute atomic E-state index is 12.5. The normalized spacial score (nSPS) is 10.8. The van der Waals surface area contributed by atoms with Gasteiger partial charge >= 0.3 is 0 Å². The van der Waals surface area contributed by atoms with Crippen LogP contribution in [0.1, 0.15) is 40.8 Å². The summed E-state index contributed by atoms with van der Waals surface area (Å²) in [5, 5.41) is 7.50. The first-order chi connectivity index (χ1) is 13.9. The van der Waals surface area contributed by atoms with E-state index in [0.717, 1.165) is 33.9 Å². The Kier molecular flexibility index (Phi) is 6.21. The molecule has 3 aromatic rings. The third-order valence-corrected chi connectivity index (χ3v) is 4.52. The summed E-state index contributed by atoms with van der Waals surface area (Å²) in [5.41, 5.74) is 5.24. The lowest BCUT2D eigenvalue weighted by Crippen LogP contribution is -2.25. The van der Waals surface area contributed by atoms with Gasteiger partial charge in [0.15, 0.2) is 0 Å². The minimum absolute atomic E-state index is 0.0770. The number of aryl methyl sites for hydroxylation is 3. The minimum Gasteiger partial charge on any atom is -0.478 e. The maximum Gasteiger partial charge on any atom is 0.251 e. The fraction of sp³-hybridized carbons (Fsp3) is 0.381. The van der Waals surface area contributed by atoms with Gasteiger partial charge in [0.1, 0.15) is 0 Å². The Labute approximate surface area is 170 Å². The molecular formula is C21H26N6O2. The summed E-state index contributed by atoms with van der Waals surface area (Å²) >= 11 is 0. The van der Waals surface area contributed by atoms with Crippen LogP contribution >= 0.6 is 0 Å². The van der Waals surface area contributed by atoms with Gasteiger partial charge in [0.05, 0.1) is 18.7 Å². The zero-order valence-corrected chi connectivity index (χ0v) is 17.5. The Morgan fingerprint density at radius 1 is 1.14 bits per heavy atom. The van der Waals surface area contributed by atoms with E-state index in [1.54, 1.807) is 10.9 Å². The van der Waals surface area contributed by atoms with Crippen molar-refractivity contribution in [3.05, 3.63) is 58.3 Å². The lowest BCUT2D eigenvalue weighted by molar-refractivity contribution is -0.120. The lowest BCUT2D eigenvalue weighted by atomic mass is 10.1. The second kappa shape index (κ2) is 8.81. The molecule has 3 rings (SSSR count). The average Bonchev–Trinajstić information content (AvgIpc) is 2.94. The van der Waals surface area contributed by atoms with E-state index in [-0.39, 0.29) is 12.3 Å². The third kappa shape index (κ3) is 4.96. The highest BCUT2D eigenvalue weighted by Gasteiger charge is 2.17. The SMILES string of the molecule is CCOc1cc(CNC(=O)Cc2c(C)nn(-c3nc(C)cc(C)n3)c2C)ccn1. The quantitative estimate of drug-likeness (QED) is 0.662. The van der Waals surface area contributed by atoms with E-state index >= 15 is 0 Å². The maximum atomic E-state index is 12.5. The Hall–Kier alpha value is -3.29. The highest BCUT2D eigenvalue weighted by Crippen LogP contribution is 2.17. The molecule has 0 fully saturated rings. The molecular weight excluding hydrogens is 368 g/mol. The van der Waals surface area contributed by atoms with Crippen LogP contribution in [0.4, 0.5) is 0 Å². The number of carbonyl (C=O) groups is 1. The molecule has 1 N–H and O–H groups in total. The Morgan fingerprint density at radius 3 is 2.55 bits per heavy atom. The van der Waals surface area contributed by atoms with Crippen LogP contribution in [0.25, 0.3) is 5.95 Å². The van der Waals surface area contributed by atoms with Crippen molar-refractivity contribution in [1.82, 2.24) is 30.0 Å². The van der Waals surface area contributed by atoms with E-state index in [0.29, 0.717) is 25.0 Å². The molecule has 0 aliphatic heterocycles. The standard InChI is InChI=1S/C21H26N6O2/c1-6-29-20-10-17(7-8-22-20)12-23-19(28)11-18-15(4)26-27(16(18)5)21-24-13(2)9-14(3)25-21/h7-10H,6,11-12H2,1-5H3,(H,23,28). The monoisotopic (exact) mass is 394 g/mol. The highest BCUT2D eigenvalue weighted by molar-refractivity contribution is 5.79. The molecule has 0 radical (unpaired) electrons. The molecule has 0 saturated heterocycles. The number of aromatic nitrogens is 5. The predicted molar refractivity (Wildman–Crippen MR) is 109 cm³/mol. The molecule has 0 saturated carbocycles. The zero-order valence-electron chi connectivity index (χ0n) is 17.5. The number of rotatable bonds is 7. The fourth-order valence-electron chi connectivity index (χ4n) is 3.14. The van der Waals surface area contributed by atoms with Gasteiger partial charge in [-0.15, -0.1) is 0 Å². The molecule has 29 heavy (non-hydrogen) atoms. The van der Waals surface area contributed by atoms with Gasteiger partial charge in [0, 0.05) is 41.5 Å². The molecule has 0 bridgehead atoms. The number of carbonyl (C=O) groups excluding carboxylic acids is 1. The van der Waals surface area contributed by atoms with Crippen molar-refractivity contribution < 1.29 is 9.53 Å². The molecule has 0 aliphatic rings. The van der Waals surface area contributed by atoms with Gasteiger partial charge in [-0.25, -0.2) is 19.6 Å². The van der Waals surface area contributed by atoms with Crippen LogP contribution in [-0.4, -0.2) is 37.2 Å². The van der Waals surface area contributed by atoms with Gasteiger partial charge in [-0.3, -0.25) is 4.79 Å².